The van der Waals surface area contributed by atoms with E-state index in [-0.39, 0.29) is 12.2 Å². The summed E-state index contributed by atoms with van der Waals surface area (Å²) in [6, 6.07) is 9.85. The number of carbonyl (C=O) groups is 1. The van der Waals surface area contributed by atoms with Crippen LogP contribution in [0.5, 0.6) is 5.75 Å². The Balaban J connectivity index is 2.00. The molecule has 0 aliphatic rings. The smallest absolute Gasteiger partial charge is 0.404 e. The molecule has 0 heterocycles. The van der Waals surface area contributed by atoms with Crippen LogP contribution in [-0.4, -0.2) is 12.4 Å². The summed E-state index contributed by atoms with van der Waals surface area (Å²) >= 11 is 5.85. The second kappa shape index (κ2) is 7.44. The van der Waals surface area contributed by atoms with Gasteiger partial charge in [0.25, 0.3) is 0 Å². The van der Waals surface area contributed by atoms with E-state index in [4.69, 9.17) is 11.6 Å². The van der Waals surface area contributed by atoms with Crippen molar-refractivity contribution >= 4 is 23.3 Å². The van der Waals surface area contributed by atoms with E-state index in [1.165, 1.54) is 18.2 Å². The fourth-order valence-electron chi connectivity index (χ4n) is 1.98. The summed E-state index contributed by atoms with van der Waals surface area (Å²) < 4.78 is 40.9. The first-order valence-electron chi connectivity index (χ1n) is 6.89. The molecule has 0 saturated heterocycles. The molecule has 128 valence electrons. The highest BCUT2D eigenvalue weighted by Gasteiger charge is 2.32. The van der Waals surface area contributed by atoms with Crippen molar-refractivity contribution in [1.29, 1.82) is 0 Å². The molecular formula is C16H14ClF3N2O2. The van der Waals surface area contributed by atoms with Gasteiger partial charge in [-0.15, -0.1) is 13.2 Å². The third kappa shape index (κ3) is 5.34. The standard InChI is InChI=1S/C16H14ClF3N2O2/c1-10-8-12(17)7-6-11(10)9-21-15(23)22-13-4-2-3-5-14(13)24-16(18,19)20/h2-8H,9H2,1H3,(H2,21,22,23). The maximum Gasteiger partial charge on any atom is 0.573 e. The fourth-order valence-corrected chi connectivity index (χ4v) is 2.21. The second-order valence-corrected chi connectivity index (χ2v) is 5.36. The van der Waals surface area contributed by atoms with Gasteiger partial charge in [-0.2, -0.15) is 0 Å². The molecule has 0 radical (unpaired) electrons. The van der Waals surface area contributed by atoms with E-state index < -0.39 is 18.1 Å². The average Bonchev–Trinajstić information content (AvgIpc) is 2.47. The van der Waals surface area contributed by atoms with Crippen LogP contribution in [0.15, 0.2) is 42.5 Å². The number of rotatable bonds is 4. The molecule has 0 unspecified atom stereocenters. The van der Waals surface area contributed by atoms with Crippen molar-refractivity contribution in [2.75, 3.05) is 5.32 Å². The van der Waals surface area contributed by atoms with Crippen molar-refractivity contribution in [3.63, 3.8) is 0 Å². The van der Waals surface area contributed by atoms with Gasteiger partial charge in [0.1, 0.15) is 0 Å². The Hall–Kier alpha value is -2.41. The number of ether oxygens (including phenoxy) is 1. The predicted octanol–water partition coefficient (Wildman–Crippen LogP) is 4.87. The number of urea groups is 1. The second-order valence-electron chi connectivity index (χ2n) is 4.92. The number of para-hydroxylation sites is 2. The predicted molar refractivity (Wildman–Crippen MR) is 85.2 cm³/mol. The third-order valence-electron chi connectivity index (χ3n) is 3.10. The van der Waals surface area contributed by atoms with Crippen LogP contribution < -0.4 is 15.4 Å². The van der Waals surface area contributed by atoms with Gasteiger partial charge in [0.2, 0.25) is 0 Å². The molecule has 0 saturated carbocycles. The minimum atomic E-state index is -4.84. The Kier molecular flexibility index (Phi) is 5.56. The van der Waals surface area contributed by atoms with Gasteiger partial charge in [0.15, 0.2) is 5.75 Å². The van der Waals surface area contributed by atoms with Gasteiger partial charge >= 0.3 is 12.4 Å². The summed E-state index contributed by atoms with van der Waals surface area (Å²) in [5.41, 5.74) is 1.65. The Labute approximate surface area is 141 Å². The normalized spacial score (nSPS) is 11.0. The number of benzene rings is 2. The van der Waals surface area contributed by atoms with Gasteiger partial charge in [-0.3, -0.25) is 0 Å². The first kappa shape index (κ1) is 17.9. The lowest BCUT2D eigenvalue weighted by Crippen LogP contribution is -2.29. The zero-order valence-electron chi connectivity index (χ0n) is 12.6. The molecule has 4 nitrogen and oxygen atoms in total. The summed E-state index contributed by atoms with van der Waals surface area (Å²) in [4.78, 5) is 11.9. The van der Waals surface area contributed by atoms with E-state index in [2.05, 4.69) is 15.4 Å². The average molecular weight is 359 g/mol. The molecule has 0 aliphatic carbocycles. The fraction of sp³-hybridized carbons (Fsp3) is 0.188. The van der Waals surface area contributed by atoms with E-state index >= 15 is 0 Å². The summed E-state index contributed by atoms with van der Waals surface area (Å²) in [6.45, 7) is 2.05. The lowest BCUT2D eigenvalue weighted by Gasteiger charge is -2.14. The number of nitrogens with one attached hydrogen (secondary N) is 2. The number of aryl methyl sites for hydroxylation is 1. The van der Waals surface area contributed by atoms with Crippen molar-refractivity contribution in [2.24, 2.45) is 0 Å². The highest BCUT2D eigenvalue weighted by atomic mass is 35.5. The first-order chi connectivity index (χ1) is 11.2. The topological polar surface area (TPSA) is 50.4 Å². The highest BCUT2D eigenvalue weighted by molar-refractivity contribution is 6.30. The molecule has 0 bridgehead atoms. The van der Waals surface area contributed by atoms with Gasteiger partial charge in [0, 0.05) is 11.6 Å². The van der Waals surface area contributed by atoms with Gasteiger partial charge < -0.3 is 15.4 Å². The SMILES string of the molecule is Cc1cc(Cl)ccc1CNC(=O)Nc1ccccc1OC(F)(F)F. The summed E-state index contributed by atoms with van der Waals surface area (Å²) in [5, 5.41) is 5.48. The zero-order valence-corrected chi connectivity index (χ0v) is 13.3. The van der Waals surface area contributed by atoms with Crippen molar-refractivity contribution in [2.45, 2.75) is 19.8 Å². The summed E-state index contributed by atoms with van der Waals surface area (Å²) in [6.07, 6.45) is -4.84. The molecule has 2 aromatic rings. The Morgan fingerprint density at radius 1 is 1.21 bits per heavy atom. The first-order valence-corrected chi connectivity index (χ1v) is 7.27. The molecule has 2 aromatic carbocycles. The number of hydrogen-bond donors (Lipinski definition) is 2. The Morgan fingerprint density at radius 2 is 1.92 bits per heavy atom. The van der Waals surface area contributed by atoms with Gasteiger partial charge in [-0.25, -0.2) is 4.79 Å². The van der Waals surface area contributed by atoms with Gasteiger partial charge in [-0.1, -0.05) is 29.8 Å². The van der Waals surface area contributed by atoms with E-state index in [9.17, 15) is 18.0 Å². The molecule has 2 N–H and O–H groups in total. The number of carbonyl (C=O) groups excluding carboxylic acids is 1. The number of halogens is 4. The quantitative estimate of drug-likeness (QED) is 0.819. The van der Waals surface area contributed by atoms with Crippen LogP contribution in [0.25, 0.3) is 0 Å². The number of alkyl halides is 3. The molecule has 0 atom stereocenters. The van der Waals surface area contributed by atoms with E-state index in [1.54, 1.807) is 18.2 Å². The minimum absolute atomic E-state index is 0.0832. The van der Waals surface area contributed by atoms with Crippen LogP contribution in [0.3, 0.4) is 0 Å². The lowest BCUT2D eigenvalue weighted by atomic mass is 10.1. The molecule has 0 aromatic heterocycles. The van der Waals surface area contributed by atoms with Gasteiger partial charge in [-0.05, 0) is 42.3 Å². The van der Waals surface area contributed by atoms with Crippen LogP contribution >= 0.6 is 11.6 Å². The molecule has 2 rings (SSSR count). The van der Waals surface area contributed by atoms with Crippen molar-refractivity contribution < 1.29 is 22.7 Å². The van der Waals surface area contributed by atoms with Crippen molar-refractivity contribution in [1.82, 2.24) is 5.32 Å². The number of anilines is 1. The van der Waals surface area contributed by atoms with Crippen LogP contribution in [0.2, 0.25) is 5.02 Å². The molecule has 0 spiro atoms. The molecule has 8 heteroatoms. The maximum atomic E-state index is 12.3. The molecule has 2 amide bonds. The van der Waals surface area contributed by atoms with E-state index in [0.29, 0.717) is 5.02 Å². The van der Waals surface area contributed by atoms with E-state index in [0.717, 1.165) is 17.2 Å². The van der Waals surface area contributed by atoms with Crippen LogP contribution in [0, 0.1) is 6.92 Å². The van der Waals surface area contributed by atoms with Crippen LogP contribution in [0.4, 0.5) is 23.7 Å². The lowest BCUT2D eigenvalue weighted by molar-refractivity contribution is -0.274. The Bertz CT molecular complexity index is 736. The zero-order chi connectivity index (χ0) is 17.7. The van der Waals surface area contributed by atoms with Crippen LogP contribution in [-0.2, 0) is 6.54 Å². The largest absolute Gasteiger partial charge is 0.573 e. The van der Waals surface area contributed by atoms with Crippen LogP contribution in [0.1, 0.15) is 11.1 Å². The molecule has 24 heavy (non-hydrogen) atoms. The minimum Gasteiger partial charge on any atom is -0.404 e. The van der Waals surface area contributed by atoms with Crippen molar-refractivity contribution in [3.8, 4) is 5.75 Å². The third-order valence-corrected chi connectivity index (χ3v) is 3.34. The molecular weight excluding hydrogens is 345 g/mol. The molecule has 0 aliphatic heterocycles. The summed E-state index contributed by atoms with van der Waals surface area (Å²) in [7, 11) is 0. The number of amides is 2. The maximum absolute atomic E-state index is 12.3. The van der Waals surface area contributed by atoms with Crippen molar-refractivity contribution in [3.05, 3.63) is 58.6 Å². The number of hydrogen-bond acceptors (Lipinski definition) is 2. The highest BCUT2D eigenvalue weighted by Crippen LogP contribution is 2.29. The van der Waals surface area contributed by atoms with E-state index in [1.807, 2.05) is 6.92 Å². The molecule has 0 fully saturated rings. The summed E-state index contributed by atoms with van der Waals surface area (Å²) in [5.74, 6) is -0.483. The Morgan fingerprint density at radius 3 is 2.58 bits per heavy atom. The van der Waals surface area contributed by atoms with Gasteiger partial charge in [0.05, 0.1) is 5.69 Å². The monoisotopic (exact) mass is 358 g/mol.